The molecule has 4 nitrogen and oxygen atoms in total. The van der Waals surface area contributed by atoms with E-state index in [0.29, 0.717) is 0 Å². The monoisotopic (exact) mass is 252 g/mol. The Bertz CT molecular complexity index is 436. The molecule has 1 aromatic rings. The quantitative estimate of drug-likeness (QED) is 0.758. The Morgan fingerprint density at radius 2 is 1.94 bits per heavy atom. The molecule has 0 spiro atoms. The first-order valence-corrected chi connectivity index (χ1v) is 5.86. The van der Waals surface area contributed by atoms with Crippen molar-refractivity contribution in [2.45, 2.75) is 24.7 Å². The minimum atomic E-state index is -1.63. The van der Waals surface area contributed by atoms with E-state index in [9.17, 15) is 9.18 Å². The Balaban J connectivity index is 1.77. The summed E-state index contributed by atoms with van der Waals surface area (Å²) in [6.07, 6.45) is -3.64. The molecule has 2 fully saturated rings. The van der Waals surface area contributed by atoms with Crippen molar-refractivity contribution in [2.24, 2.45) is 0 Å². The maximum Gasteiger partial charge on any atom is 0.195 e. The van der Waals surface area contributed by atoms with Gasteiger partial charge in [-0.15, -0.1) is 0 Å². The van der Waals surface area contributed by atoms with Crippen molar-refractivity contribution >= 4 is 5.78 Å². The number of hydrogen-bond acceptors (Lipinski definition) is 4. The molecule has 3 rings (SSSR count). The molecule has 0 amide bonds. The minimum Gasteiger partial charge on any atom is -0.365 e. The van der Waals surface area contributed by atoms with E-state index < -0.39 is 30.5 Å². The number of ketones is 1. The molecule has 18 heavy (non-hydrogen) atoms. The highest BCUT2D eigenvalue weighted by Gasteiger charge is 2.45. The Morgan fingerprint density at radius 3 is 2.72 bits per heavy atom. The van der Waals surface area contributed by atoms with E-state index in [0.717, 1.165) is 5.56 Å². The van der Waals surface area contributed by atoms with Crippen LogP contribution in [0, 0.1) is 0 Å². The van der Waals surface area contributed by atoms with Crippen LogP contribution in [0.1, 0.15) is 11.9 Å². The standard InChI is InChI=1S/C13H13FO4/c14-11-9(15)6-16-10-7-17-13(18-12(10)11)8-4-2-1-3-5-8/h1-5,10-13H,6-7H2/t10-,11-,12-,13?/m1/s1. The van der Waals surface area contributed by atoms with Crippen LogP contribution < -0.4 is 0 Å². The lowest BCUT2D eigenvalue weighted by Crippen LogP contribution is -2.54. The van der Waals surface area contributed by atoms with Gasteiger partial charge in [0.25, 0.3) is 0 Å². The zero-order valence-corrected chi connectivity index (χ0v) is 9.62. The predicted octanol–water partition coefficient (Wildman–Crippen LogP) is 1.41. The molecule has 0 N–H and O–H groups in total. The van der Waals surface area contributed by atoms with Gasteiger partial charge in [0.05, 0.1) is 6.61 Å². The molecule has 5 heteroatoms. The van der Waals surface area contributed by atoms with Gasteiger partial charge < -0.3 is 14.2 Å². The Morgan fingerprint density at radius 1 is 1.17 bits per heavy atom. The highest BCUT2D eigenvalue weighted by atomic mass is 19.1. The SMILES string of the molecule is O=C1CO[C@@H]2COC(c3ccccc3)O[C@H]2[C@@H]1F. The molecule has 2 aliphatic rings. The summed E-state index contributed by atoms with van der Waals surface area (Å²) in [7, 11) is 0. The van der Waals surface area contributed by atoms with E-state index in [4.69, 9.17) is 14.2 Å². The number of carbonyl (C=O) groups is 1. The molecule has 1 aromatic carbocycles. The number of carbonyl (C=O) groups excluding carboxylic acids is 1. The van der Waals surface area contributed by atoms with Crippen LogP contribution in [-0.4, -0.2) is 37.4 Å². The lowest BCUT2D eigenvalue weighted by atomic mass is 10.0. The summed E-state index contributed by atoms with van der Waals surface area (Å²) in [5, 5.41) is 0. The van der Waals surface area contributed by atoms with Crippen molar-refractivity contribution in [3.63, 3.8) is 0 Å². The van der Waals surface area contributed by atoms with Crippen molar-refractivity contribution < 1.29 is 23.4 Å². The maximum atomic E-state index is 13.8. The van der Waals surface area contributed by atoms with Crippen LogP contribution in [0.2, 0.25) is 0 Å². The summed E-state index contributed by atoms with van der Waals surface area (Å²) in [6, 6.07) is 9.25. The van der Waals surface area contributed by atoms with Crippen molar-refractivity contribution in [1.29, 1.82) is 0 Å². The van der Waals surface area contributed by atoms with Crippen molar-refractivity contribution in [1.82, 2.24) is 0 Å². The van der Waals surface area contributed by atoms with E-state index in [1.807, 2.05) is 30.3 Å². The van der Waals surface area contributed by atoms with E-state index in [2.05, 4.69) is 0 Å². The predicted molar refractivity (Wildman–Crippen MR) is 59.7 cm³/mol. The average Bonchev–Trinajstić information content (AvgIpc) is 2.44. The smallest absolute Gasteiger partial charge is 0.195 e. The lowest BCUT2D eigenvalue weighted by molar-refractivity contribution is -0.283. The minimum absolute atomic E-state index is 0.203. The van der Waals surface area contributed by atoms with Crippen LogP contribution in [0.3, 0.4) is 0 Å². The van der Waals surface area contributed by atoms with Gasteiger partial charge in [-0.3, -0.25) is 4.79 Å². The second kappa shape index (κ2) is 4.76. The van der Waals surface area contributed by atoms with Crippen molar-refractivity contribution in [3.05, 3.63) is 35.9 Å². The normalized spacial score (nSPS) is 36.2. The first kappa shape index (κ1) is 11.8. The molecule has 0 radical (unpaired) electrons. The summed E-state index contributed by atoms with van der Waals surface area (Å²) >= 11 is 0. The Kier molecular flexibility index (Phi) is 3.11. The Hall–Kier alpha value is -1.30. The van der Waals surface area contributed by atoms with E-state index in [-0.39, 0.29) is 13.2 Å². The number of fused-ring (bicyclic) bond motifs is 1. The summed E-state index contributed by atoms with van der Waals surface area (Å²) in [5.41, 5.74) is 0.807. The molecule has 0 bridgehead atoms. The molecular weight excluding hydrogens is 239 g/mol. The summed E-state index contributed by atoms with van der Waals surface area (Å²) in [6.45, 7) is 0.0307. The fourth-order valence-electron chi connectivity index (χ4n) is 2.18. The van der Waals surface area contributed by atoms with Gasteiger partial charge in [0.1, 0.15) is 18.8 Å². The lowest BCUT2D eigenvalue weighted by Gasteiger charge is -2.40. The zero-order chi connectivity index (χ0) is 12.5. The fourth-order valence-corrected chi connectivity index (χ4v) is 2.18. The van der Waals surface area contributed by atoms with Crippen LogP contribution in [0.25, 0.3) is 0 Å². The Labute approximate surface area is 104 Å². The second-order valence-electron chi connectivity index (χ2n) is 4.39. The zero-order valence-electron chi connectivity index (χ0n) is 9.62. The summed E-state index contributed by atoms with van der Waals surface area (Å²) < 4.78 is 30.0. The van der Waals surface area contributed by atoms with Gasteiger partial charge in [-0.2, -0.15) is 0 Å². The summed E-state index contributed by atoms with van der Waals surface area (Å²) in [5.74, 6) is -0.565. The molecule has 2 saturated heterocycles. The molecule has 0 aromatic heterocycles. The molecule has 4 atom stereocenters. The van der Waals surface area contributed by atoms with Gasteiger partial charge in [-0.25, -0.2) is 4.39 Å². The largest absolute Gasteiger partial charge is 0.365 e. The fraction of sp³-hybridized carbons (Fsp3) is 0.462. The first-order chi connectivity index (χ1) is 8.75. The number of hydrogen-bond donors (Lipinski definition) is 0. The number of Topliss-reactive ketones (excluding diaryl/α,β-unsaturated/α-hetero) is 1. The van der Waals surface area contributed by atoms with Gasteiger partial charge >= 0.3 is 0 Å². The third-order valence-corrected chi connectivity index (χ3v) is 3.17. The number of halogens is 1. The molecule has 96 valence electrons. The molecule has 2 aliphatic heterocycles. The number of benzene rings is 1. The van der Waals surface area contributed by atoms with Crippen molar-refractivity contribution in [2.75, 3.05) is 13.2 Å². The third kappa shape index (κ3) is 2.05. The molecule has 1 unspecified atom stereocenters. The van der Waals surface area contributed by atoms with E-state index in [1.54, 1.807) is 0 Å². The van der Waals surface area contributed by atoms with Crippen LogP contribution in [0.4, 0.5) is 4.39 Å². The van der Waals surface area contributed by atoms with Gasteiger partial charge in [0.15, 0.2) is 18.2 Å². The van der Waals surface area contributed by atoms with E-state index in [1.165, 1.54) is 0 Å². The van der Waals surface area contributed by atoms with Crippen molar-refractivity contribution in [3.8, 4) is 0 Å². The van der Waals surface area contributed by atoms with Gasteiger partial charge in [0, 0.05) is 5.56 Å². The average molecular weight is 252 g/mol. The molecule has 2 heterocycles. The molecule has 0 aliphatic carbocycles. The van der Waals surface area contributed by atoms with Crippen LogP contribution in [-0.2, 0) is 19.0 Å². The number of alkyl halides is 1. The van der Waals surface area contributed by atoms with Gasteiger partial charge in [0.2, 0.25) is 0 Å². The highest BCUT2D eigenvalue weighted by Crippen LogP contribution is 2.32. The topological polar surface area (TPSA) is 44.8 Å². The first-order valence-electron chi connectivity index (χ1n) is 5.86. The molecule has 0 saturated carbocycles. The maximum absolute atomic E-state index is 13.8. The number of rotatable bonds is 1. The van der Waals surface area contributed by atoms with Crippen LogP contribution in [0.5, 0.6) is 0 Å². The summed E-state index contributed by atoms with van der Waals surface area (Å²) in [4.78, 5) is 11.3. The third-order valence-electron chi connectivity index (χ3n) is 3.17. The van der Waals surface area contributed by atoms with Crippen LogP contribution >= 0.6 is 0 Å². The van der Waals surface area contributed by atoms with Crippen LogP contribution in [0.15, 0.2) is 30.3 Å². The second-order valence-corrected chi connectivity index (χ2v) is 4.39. The van der Waals surface area contributed by atoms with Gasteiger partial charge in [-0.05, 0) is 0 Å². The van der Waals surface area contributed by atoms with Gasteiger partial charge in [-0.1, -0.05) is 30.3 Å². The molecular formula is C13H13FO4. The highest BCUT2D eigenvalue weighted by molar-refractivity contribution is 5.85. The number of ether oxygens (including phenoxy) is 3. The van der Waals surface area contributed by atoms with E-state index >= 15 is 0 Å².